The highest BCUT2D eigenvalue weighted by Gasteiger charge is 2.05. The standard InChI is InChI=1S/C13H15N/c1-8-7-11-5-4-6-12(14)13(11)10(3)9(8)2/h4-7H,14H2,1-3H3. The summed E-state index contributed by atoms with van der Waals surface area (Å²) >= 11 is 0. The molecule has 1 heteroatoms. The SMILES string of the molecule is Cc1cc2cccc(N)c2c(C)c1C. The fraction of sp³-hybridized carbons (Fsp3) is 0.231. The van der Waals surface area contributed by atoms with Gasteiger partial charge in [0, 0.05) is 11.1 Å². The lowest BCUT2D eigenvalue weighted by molar-refractivity contribution is 1.30. The lowest BCUT2D eigenvalue weighted by Gasteiger charge is -2.11. The molecule has 1 nitrogen and oxygen atoms in total. The predicted octanol–water partition coefficient (Wildman–Crippen LogP) is 3.35. The van der Waals surface area contributed by atoms with E-state index < -0.39 is 0 Å². The van der Waals surface area contributed by atoms with Crippen molar-refractivity contribution in [3.05, 3.63) is 41.0 Å². The topological polar surface area (TPSA) is 26.0 Å². The number of aryl methyl sites for hydroxylation is 2. The summed E-state index contributed by atoms with van der Waals surface area (Å²) in [6, 6.07) is 8.29. The zero-order valence-corrected chi connectivity index (χ0v) is 8.89. The Morgan fingerprint density at radius 2 is 1.71 bits per heavy atom. The smallest absolute Gasteiger partial charge is 0.0396 e. The Hall–Kier alpha value is -1.50. The summed E-state index contributed by atoms with van der Waals surface area (Å²) in [4.78, 5) is 0. The molecular weight excluding hydrogens is 170 g/mol. The fourth-order valence-electron chi connectivity index (χ4n) is 1.97. The van der Waals surface area contributed by atoms with Crippen LogP contribution in [0.1, 0.15) is 16.7 Å². The molecule has 0 spiro atoms. The summed E-state index contributed by atoms with van der Waals surface area (Å²) in [5.41, 5.74) is 10.8. The molecule has 2 N–H and O–H groups in total. The third-order valence-corrected chi connectivity index (χ3v) is 3.03. The summed E-state index contributed by atoms with van der Waals surface area (Å²) in [6.07, 6.45) is 0. The summed E-state index contributed by atoms with van der Waals surface area (Å²) < 4.78 is 0. The van der Waals surface area contributed by atoms with E-state index in [0.717, 1.165) is 5.69 Å². The van der Waals surface area contributed by atoms with Gasteiger partial charge in [-0.3, -0.25) is 0 Å². The number of hydrogen-bond acceptors (Lipinski definition) is 1. The highest BCUT2D eigenvalue weighted by Crippen LogP contribution is 2.28. The van der Waals surface area contributed by atoms with Crippen molar-refractivity contribution in [2.75, 3.05) is 5.73 Å². The van der Waals surface area contributed by atoms with Crippen LogP contribution in [0.2, 0.25) is 0 Å². The van der Waals surface area contributed by atoms with Crippen molar-refractivity contribution in [3.63, 3.8) is 0 Å². The molecule has 2 aromatic carbocycles. The van der Waals surface area contributed by atoms with Gasteiger partial charge in [0.2, 0.25) is 0 Å². The van der Waals surface area contributed by atoms with Gasteiger partial charge in [0.1, 0.15) is 0 Å². The van der Waals surface area contributed by atoms with Gasteiger partial charge in [-0.25, -0.2) is 0 Å². The van der Waals surface area contributed by atoms with Crippen LogP contribution in [0.4, 0.5) is 5.69 Å². The lowest BCUT2D eigenvalue weighted by atomic mass is 9.96. The summed E-state index contributed by atoms with van der Waals surface area (Å²) in [5.74, 6) is 0. The predicted molar refractivity (Wildman–Crippen MR) is 62.6 cm³/mol. The van der Waals surface area contributed by atoms with Crippen LogP contribution in [0.3, 0.4) is 0 Å². The monoisotopic (exact) mass is 185 g/mol. The first-order valence-electron chi connectivity index (χ1n) is 4.86. The molecule has 72 valence electrons. The Morgan fingerprint density at radius 1 is 1.00 bits per heavy atom. The minimum Gasteiger partial charge on any atom is -0.398 e. The molecule has 0 aliphatic carbocycles. The number of rotatable bonds is 0. The van der Waals surface area contributed by atoms with Gasteiger partial charge in [0.05, 0.1) is 0 Å². The van der Waals surface area contributed by atoms with Gasteiger partial charge in [-0.2, -0.15) is 0 Å². The number of benzene rings is 2. The fourth-order valence-corrected chi connectivity index (χ4v) is 1.97. The van der Waals surface area contributed by atoms with Gasteiger partial charge in [-0.15, -0.1) is 0 Å². The molecule has 0 aromatic heterocycles. The van der Waals surface area contributed by atoms with Gasteiger partial charge >= 0.3 is 0 Å². The van der Waals surface area contributed by atoms with Crippen LogP contribution in [-0.4, -0.2) is 0 Å². The highest BCUT2D eigenvalue weighted by molar-refractivity contribution is 5.96. The molecule has 0 aliphatic rings. The first-order valence-corrected chi connectivity index (χ1v) is 4.86. The van der Waals surface area contributed by atoms with E-state index in [4.69, 9.17) is 5.73 Å². The van der Waals surface area contributed by atoms with Crippen LogP contribution >= 0.6 is 0 Å². The quantitative estimate of drug-likeness (QED) is 0.626. The average molecular weight is 185 g/mol. The molecule has 0 fully saturated rings. The van der Waals surface area contributed by atoms with Gasteiger partial charge in [-0.05, 0) is 48.9 Å². The Bertz CT molecular complexity index is 498. The van der Waals surface area contributed by atoms with E-state index in [2.05, 4.69) is 32.9 Å². The van der Waals surface area contributed by atoms with Crippen LogP contribution in [-0.2, 0) is 0 Å². The Kier molecular flexibility index (Phi) is 1.95. The molecule has 0 aliphatic heterocycles. The van der Waals surface area contributed by atoms with Gasteiger partial charge in [0.25, 0.3) is 0 Å². The Balaban J connectivity index is 2.99. The lowest BCUT2D eigenvalue weighted by Crippen LogP contribution is -1.93. The van der Waals surface area contributed by atoms with E-state index in [1.54, 1.807) is 0 Å². The Labute approximate surface area is 84.5 Å². The molecule has 0 heterocycles. The zero-order chi connectivity index (χ0) is 10.3. The maximum Gasteiger partial charge on any atom is 0.0396 e. The van der Waals surface area contributed by atoms with E-state index in [9.17, 15) is 0 Å². The molecule has 0 radical (unpaired) electrons. The molecule has 0 saturated carbocycles. The average Bonchev–Trinajstić information content (AvgIpc) is 2.14. The largest absolute Gasteiger partial charge is 0.398 e. The van der Waals surface area contributed by atoms with Gasteiger partial charge < -0.3 is 5.73 Å². The van der Waals surface area contributed by atoms with Crippen LogP contribution in [0.15, 0.2) is 24.3 Å². The van der Waals surface area contributed by atoms with Crippen molar-refractivity contribution in [1.82, 2.24) is 0 Å². The third-order valence-electron chi connectivity index (χ3n) is 3.03. The molecule has 2 rings (SSSR count). The second kappa shape index (κ2) is 3.02. The van der Waals surface area contributed by atoms with Gasteiger partial charge in [0.15, 0.2) is 0 Å². The number of fused-ring (bicyclic) bond motifs is 1. The van der Waals surface area contributed by atoms with Crippen molar-refractivity contribution in [3.8, 4) is 0 Å². The minimum atomic E-state index is 0.878. The molecule has 14 heavy (non-hydrogen) atoms. The van der Waals surface area contributed by atoms with Crippen molar-refractivity contribution in [2.24, 2.45) is 0 Å². The van der Waals surface area contributed by atoms with Crippen LogP contribution < -0.4 is 5.73 Å². The van der Waals surface area contributed by atoms with E-state index >= 15 is 0 Å². The molecule has 0 atom stereocenters. The summed E-state index contributed by atoms with van der Waals surface area (Å²) in [7, 11) is 0. The first-order chi connectivity index (χ1) is 6.61. The number of nitrogens with two attached hydrogens (primary N) is 1. The van der Waals surface area contributed by atoms with E-state index in [-0.39, 0.29) is 0 Å². The highest BCUT2D eigenvalue weighted by atomic mass is 14.5. The van der Waals surface area contributed by atoms with Crippen molar-refractivity contribution < 1.29 is 0 Å². The normalized spacial score (nSPS) is 10.8. The molecule has 0 amide bonds. The van der Waals surface area contributed by atoms with Crippen LogP contribution in [0, 0.1) is 20.8 Å². The van der Waals surface area contributed by atoms with Gasteiger partial charge in [-0.1, -0.05) is 18.2 Å². The van der Waals surface area contributed by atoms with Crippen molar-refractivity contribution in [1.29, 1.82) is 0 Å². The first kappa shape index (κ1) is 9.07. The molecular formula is C13H15N. The van der Waals surface area contributed by atoms with Crippen molar-refractivity contribution >= 4 is 16.5 Å². The minimum absolute atomic E-state index is 0.878. The third kappa shape index (κ3) is 1.17. The van der Waals surface area contributed by atoms with Crippen molar-refractivity contribution in [2.45, 2.75) is 20.8 Å². The number of nitrogen functional groups attached to an aromatic ring is 1. The Morgan fingerprint density at radius 3 is 2.43 bits per heavy atom. The maximum atomic E-state index is 5.98. The van der Waals surface area contributed by atoms with E-state index in [1.165, 1.54) is 27.5 Å². The molecule has 2 aromatic rings. The van der Waals surface area contributed by atoms with E-state index in [1.807, 2.05) is 12.1 Å². The molecule has 0 unspecified atom stereocenters. The number of anilines is 1. The van der Waals surface area contributed by atoms with Crippen LogP contribution in [0.25, 0.3) is 10.8 Å². The summed E-state index contributed by atoms with van der Waals surface area (Å²) in [5, 5.41) is 2.45. The second-order valence-corrected chi connectivity index (χ2v) is 3.89. The molecule has 0 bridgehead atoms. The molecule has 0 saturated heterocycles. The zero-order valence-electron chi connectivity index (χ0n) is 8.89. The second-order valence-electron chi connectivity index (χ2n) is 3.89. The van der Waals surface area contributed by atoms with E-state index in [0.29, 0.717) is 0 Å². The number of hydrogen-bond donors (Lipinski definition) is 1. The maximum absolute atomic E-state index is 5.98. The van der Waals surface area contributed by atoms with Crippen LogP contribution in [0.5, 0.6) is 0 Å². The summed E-state index contributed by atoms with van der Waals surface area (Å²) in [6.45, 7) is 6.43.